The minimum absolute atomic E-state index is 0.326. The van der Waals surface area contributed by atoms with Gasteiger partial charge in [0.25, 0.3) is 0 Å². The fraction of sp³-hybridized carbons (Fsp3) is 0.222. The molecule has 2 aromatic heterocycles. The molecule has 0 saturated heterocycles. The summed E-state index contributed by atoms with van der Waals surface area (Å²) in [6.07, 6.45) is 2.03. The summed E-state index contributed by atoms with van der Waals surface area (Å²) in [5, 5.41) is 16.0. The molecule has 1 aliphatic rings. The molecule has 34 heavy (non-hydrogen) atoms. The Hall–Kier alpha value is -3.48. The summed E-state index contributed by atoms with van der Waals surface area (Å²) in [6.45, 7) is 6.59. The average Bonchev–Trinajstić information content (AvgIpc) is 3.10. The number of halogens is 1. The number of hydrogen-bond donors (Lipinski definition) is 1. The third kappa shape index (κ3) is 4.00. The van der Waals surface area contributed by atoms with Crippen LogP contribution < -0.4 is 0 Å². The van der Waals surface area contributed by atoms with E-state index in [1.54, 1.807) is 4.68 Å². The fourth-order valence-corrected chi connectivity index (χ4v) is 4.90. The molecule has 1 N–H and O–H groups in total. The zero-order valence-corrected chi connectivity index (χ0v) is 19.9. The van der Waals surface area contributed by atoms with Crippen LogP contribution >= 0.6 is 11.6 Å². The quantitative estimate of drug-likeness (QED) is 0.414. The lowest BCUT2D eigenvalue weighted by molar-refractivity contribution is 0.0696. The van der Waals surface area contributed by atoms with Crippen LogP contribution in [0, 0.1) is 6.92 Å². The number of para-hydroxylation sites is 1. The first-order chi connectivity index (χ1) is 16.5. The smallest absolute Gasteiger partial charge is 0.336 e. The lowest BCUT2D eigenvalue weighted by atomic mass is 9.92. The standard InChI is InChI=1S/C27H25ClN4O2/c1-3-31-15-19(13-21-17(2)30-32(26(21)28)14-18-9-5-4-6-10-18)25-22(16-31)24(27(33)34)20-11-7-8-12-23(20)29-25/h4-13H,3,14-16H2,1-2H3,(H,33,34)/b19-13+. The molecule has 3 heterocycles. The molecule has 0 fully saturated rings. The molecular weight excluding hydrogens is 448 g/mol. The van der Waals surface area contributed by atoms with Gasteiger partial charge in [-0.25, -0.2) is 14.5 Å². The van der Waals surface area contributed by atoms with E-state index in [4.69, 9.17) is 16.6 Å². The third-order valence-corrected chi connectivity index (χ3v) is 6.74. The Morgan fingerprint density at radius 1 is 1.12 bits per heavy atom. The molecule has 0 unspecified atom stereocenters. The predicted octanol–water partition coefficient (Wildman–Crippen LogP) is 5.52. The summed E-state index contributed by atoms with van der Waals surface area (Å²) in [5.41, 5.74) is 6.20. The normalized spacial score (nSPS) is 15.1. The lowest BCUT2D eigenvalue weighted by Crippen LogP contribution is -2.31. The topological polar surface area (TPSA) is 71.2 Å². The van der Waals surface area contributed by atoms with Crippen molar-refractivity contribution in [3.05, 3.63) is 93.4 Å². The van der Waals surface area contributed by atoms with Gasteiger partial charge in [0.2, 0.25) is 0 Å². The Balaban J connectivity index is 1.66. The number of aryl methyl sites for hydroxylation is 1. The van der Waals surface area contributed by atoms with Crippen LogP contribution in [0.25, 0.3) is 22.6 Å². The van der Waals surface area contributed by atoms with E-state index in [0.717, 1.165) is 40.2 Å². The van der Waals surface area contributed by atoms with Crippen LogP contribution in [0.15, 0.2) is 54.6 Å². The number of hydrogen-bond acceptors (Lipinski definition) is 4. The number of rotatable bonds is 5. The van der Waals surface area contributed by atoms with Crippen molar-refractivity contribution < 1.29 is 9.90 Å². The number of carboxylic acids is 1. The van der Waals surface area contributed by atoms with Crippen LogP contribution in [0.5, 0.6) is 0 Å². The minimum atomic E-state index is -0.933. The van der Waals surface area contributed by atoms with Crippen LogP contribution in [0.3, 0.4) is 0 Å². The maximum Gasteiger partial charge on any atom is 0.336 e. The van der Waals surface area contributed by atoms with E-state index < -0.39 is 5.97 Å². The molecule has 0 atom stereocenters. The van der Waals surface area contributed by atoms with Crippen molar-refractivity contribution in [2.24, 2.45) is 0 Å². The second-order valence-corrected chi connectivity index (χ2v) is 8.90. The Bertz CT molecular complexity index is 1430. The molecule has 6 nitrogen and oxygen atoms in total. The Labute approximate surface area is 203 Å². The molecule has 2 aromatic carbocycles. The number of aromatic nitrogens is 3. The summed E-state index contributed by atoms with van der Waals surface area (Å²) < 4.78 is 1.80. The second kappa shape index (κ2) is 9.05. The summed E-state index contributed by atoms with van der Waals surface area (Å²) in [7, 11) is 0. The van der Waals surface area contributed by atoms with Gasteiger partial charge < -0.3 is 5.11 Å². The van der Waals surface area contributed by atoms with Crippen LogP contribution in [0.4, 0.5) is 0 Å². The number of fused-ring (bicyclic) bond motifs is 2. The van der Waals surface area contributed by atoms with E-state index in [1.807, 2.05) is 67.6 Å². The summed E-state index contributed by atoms with van der Waals surface area (Å²) >= 11 is 6.80. The molecule has 0 bridgehead atoms. The van der Waals surface area contributed by atoms with Crippen molar-refractivity contribution in [2.45, 2.75) is 26.9 Å². The van der Waals surface area contributed by atoms with Crippen molar-refractivity contribution in [2.75, 3.05) is 13.1 Å². The van der Waals surface area contributed by atoms with Gasteiger partial charge in [-0.3, -0.25) is 4.90 Å². The molecule has 0 spiro atoms. The van der Waals surface area contributed by atoms with Crippen molar-refractivity contribution >= 4 is 40.1 Å². The van der Waals surface area contributed by atoms with E-state index in [0.29, 0.717) is 41.3 Å². The molecule has 7 heteroatoms. The van der Waals surface area contributed by atoms with Gasteiger partial charge in [0.15, 0.2) is 0 Å². The molecule has 0 radical (unpaired) electrons. The number of nitrogens with zero attached hydrogens (tertiary/aromatic N) is 4. The lowest BCUT2D eigenvalue weighted by Gasteiger charge is -2.30. The predicted molar refractivity (Wildman–Crippen MR) is 135 cm³/mol. The minimum Gasteiger partial charge on any atom is -0.478 e. The van der Waals surface area contributed by atoms with Crippen molar-refractivity contribution in [3.63, 3.8) is 0 Å². The van der Waals surface area contributed by atoms with E-state index in [2.05, 4.69) is 16.9 Å². The number of benzene rings is 2. The van der Waals surface area contributed by atoms with Gasteiger partial charge in [0, 0.05) is 29.6 Å². The number of likely N-dealkylation sites (N-methyl/N-ethyl adjacent to an activating group) is 1. The van der Waals surface area contributed by atoms with E-state index >= 15 is 0 Å². The zero-order chi connectivity index (χ0) is 23.8. The van der Waals surface area contributed by atoms with Gasteiger partial charge in [-0.05, 0) is 36.7 Å². The SMILES string of the molecule is CCN1C/C(=C\c2c(C)nn(Cc3ccccc3)c2Cl)c2nc3ccccc3c(C(=O)O)c2C1. The molecule has 0 amide bonds. The van der Waals surface area contributed by atoms with Crippen molar-refractivity contribution in [1.82, 2.24) is 19.7 Å². The fourth-order valence-electron chi connectivity index (χ4n) is 4.61. The van der Waals surface area contributed by atoms with Gasteiger partial charge in [-0.2, -0.15) is 5.10 Å². The highest BCUT2D eigenvalue weighted by molar-refractivity contribution is 6.31. The van der Waals surface area contributed by atoms with Crippen LogP contribution in [0.2, 0.25) is 5.15 Å². The molecular formula is C27H25ClN4O2. The van der Waals surface area contributed by atoms with E-state index in [9.17, 15) is 9.90 Å². The highest BCUT2D eigenvalue weighted by Gasteiger charge is 2.28. The second-order valence-electron chi connectivity index (χ2n) is 8.54. The Kier molecular flexibility index (Phi) is 5.94. The summed E-state index contributed by atoms with van der Waals surface area (Å²) in [6, 6.07) is 17.5. The first-order valence-corrected chi connectivity index (χ1v) is 11.7. The van der Waals surface area contributed by atoms with Gasteiger partial charge in [0.05, 0.1) is 29.0 Å². The Morgan fingerprint density at radius 2 is 1.85 bits per heavy atom. The van der Waals surface area contributed by atoms with E-state index in [-0.39, 0.29) is 0 Å². The summed E-state index contributed by atoms with van der Waals surface area (Å²) in [5.74, 6) is -0.933. The van der Waals surface area contributed by atoms with Crippen LogP contribution in [-0.4, -0.2) is 43.8 Å². The first-order valence-electron chi connectivity index (χ1n) is 11.3. The Morgan fingerprint density at radius 3 is 2.59 bits per heavy atom. The number of aromatic carboxylic acids is 1. The van der Waals surface area contributed by atoms with Crippen LogP contribution in [-0.2, 0) is 13.1 Å². The van der Waals surface area contributed by atoms with Gasteiger partial charge in [0.1, 0.15) is 5.15 Å². The maximum absolute atomic E-state index is 12.3. The van der Waals surface area contributed by atoms with Gasteiger partial charge >= 0.3 is 5.97 Å². The maximum atomic E-state index is 12.3. The molecule has 4 aromatic rings. The van der Waals surface area contributed by atoms with Crippen LogP contribution in [0.1, 0.15) is 45.4 Å². The van der Waals surface area contributed by atoms with E-state index in [1.165, 1.54) is 0 Å². The number of carboxylic acid groups (broad SMARTS) is 1. The third-order valence-electron chi connectivity index (χ3n) is 6.34. The number of pyridine rings is 1. The summed E-state index contributed by atoms with van der Waals surface area (Å²) in [4.78, 5) is 19.5. The average molecular weight is 473 g/mol. The van der Waals surface area contributed by atoms with Crippen molar-refractivity contribution in [1.29, 1.82) is 0 Å². The molecule has 172 valence electrons. The molecule has 0 saturated carbocycles. The number of carbonyl (C=O) groups is 1. The largest absolute Gasteiger partial charge is 0.478 e. The molecule has 1 aliphatic heterocycles. The highest BCUT2D eigenvalue weighted by Crippen LogP contribution is 2.35. The monoisotopic (exact) mass is 472 g/mol. The molecule has 5 rings (SSSR count). The zero-order valence-electron chi connectivity index (χ0n) is 19.1. The highest BCUT2D eigenvalue weighted by atomic mass is 35.5. The van der Waals surface area contributed by atoms with Crippen molar-refractivity contribution in [3.8, 4) is 0 Å². The molecule has 0 aliphatic carbocycles. The first kappa shape index (κ1) is 22.3. The van der Waals surface area contributed by atoms with Gasteiger partial charge in [-0.15, -0.1) is 0 Å². The van der Waals surface area contributed by atoms with Gasteiger partial charge in [-0.1, -0.05) is 67.1 Å².